The van der Waals surface area contributed by atoms with Crippen molar-refractivity contribution in [1.29, 1.82) is 0 Å². The average molecular weight is 2030 g/mol. The Hall–Kier alpha value is -9.70. The molecule has 2 aliphatic heterocycles. The summed E-state index contributed by atoms with van der Waals surface area (Å²) in [7, 11) is -2.38. The number of nitrogens with zero attached hydrogens (tertiary/aromatic N) is 2. The molecule has 48 heteroatoms. The minimum atomic E-state index is -2.38. The molecule has 21 N–H and O–H groups in total. The van der Waals surface area contributed by atoms with Crippen molar-refractivity contribution in [3.05, 3.63) is 65.0 Å². The third kappa shape index (κ3) is 45.7. The minimum absolute atomic E-state index is 0.0155. The molecule has 1 saturated heterocycles. The number of aliphatic hydroxyl groups excluding tert-OH is 3. The summed E-state index contributed by atoms with van der Waals surface area (Å²) in [5.41, 5.74) is 14.9. The molecule has 1 aromatic heterocycles. The maximum atomic E-state index is 15.2. The number of primary amides is 1. The van der Waals surface area contributed by atoms with Crippen LogP contribution >= 0.6 is 35.3 Å². The Morgan fingerprint density at radius 3 is 1.97 bits per heavy atom. The van der Waals surface area contributed by atoms with Gasteiger partial charge in [0.15, 0.2) is 6.61 Å². The van der Waals surface area contributed by atoms with Gasteiger partial charge in [-0.05, 0) is 79.7 Å². The number of amides is 13. The number of hydrogen-bond acceptors (Lipinski definition) is 33. The number of anilines is 1. The first-order valence-electron chi connectivity index (χ1n) is 46.2. The van der Waals surface area contributed by atoms with Crippen LogP contribution in [-0.4, -0.2) is 351 Å². The molecule has 0 aliphatic carbocycles. The number of aromatic hydroxyl groups is 1. The van der Waals surface area contributed by atoms with E-state index < -0.39 is 187 Å². The Morgan fingerprint density at radius 1 is 0.732 bits per heavy atom. The number of rotatable bonds is 65. The van der Waals surface area contributed by atoms with E-state index in [-0.39, 0.29) is 86.2 Å². The average Bonchev–Trinajstić information content (AvgIpc) is 1.61. The highest BCUT2D eigenvalue weighted by Gasteiger charge is 2.45. The summed E-state index contributed by atoms with van der Waals surface area (Å²) in [6.07, 6.45) is 4.16. The van der Waals surface area contributed by atoms with E-state index in [4.69, 9.17) is 54.2 Å². The fourth-order valence-corrected chi connectivity index (χ4v) is 17.9. The van der Waals surface area contributed by atoms with Crippen LogP contribution in [-0.2, 0) is 130 Å². The molecule has 0 radical (unpaired) electrons. The number of ether oxygens (including phenoxy) is 8. The molecule has 2 aliphatic rings. The van der Waals surface area contributed by atoms with E-state index in [0.717, 1.165) is 29.9 Å². The summed E-state index contributed by atoms with van der Waals surface area (Å²) in [4.78, 5) is 183. The number of thioether (sulfide) groups is 3. The Morgan fingerprint density at radius 2 is 1.36 bits per heavy atom. The summed E-state index contributed by atoms with van der Waals surface area (Å²) < 4.78 is 60.1. The van der Waals surface area contributed by atoms with Gasteiger partial charge in [-0.2, -0.15) is 23.5 Å². The number of aliphatic hydroxyl groups is 3. The lowest BCUT2D eigenvalue weighted by molar-refractivity contribution is -0.144. The smallest absolute Gasteiger partial charge is 0.407 e. The van der Waals surface area contributed by atoms with E-state index in [9.17, 15) is 82.8 Å². The summed E-state index contributed by atoms with van der Waals surface area (Å²) in [6, 6.07) is -0.296. The number of alkyl carbamates (subject to hydrolysis) is 1. The lowest BCUT2D eigenvalue weighted by Gasteiger charge is -2.32. The van der Waals surface area contributed by atoms with Crippen molar-refractivity contribution in [3.63, 3.8) is 0 Å². The van der Waals surface area contributed by atoms with Crippen molar-refractivity contribution >= 4 is 146 Å². The van der Waals surface area contributed by atoms with Gasteiger partial charge in [-0.1, -0.05) is 98.4 Å². The van der Waals surface area contributed by atoms with E-state index in [0.29, 0.717) is 155 Å². The van der Waals surface area contributed by atoms with Gasteiger partial charge in [0.05, 0.1) is 172 Å². The molecule has 1 fully saturated rings. The molecule has 13 amide bonds. The maximum absolute atomic E-state index is 15.2. The minimum Gasteiger partial charge on any atom is -0.508 e. The number of unbranched alkanes of at least 4 members (excludes halogenated alkanes) is 2. The lowest BCUT2D eigenvalue weighted by Crippen LogP contribution is -2.61. The van der Waals surface area contributed by atoms with Crippen molar-refractivity contribution in [3.8, 4) is 5.75 Å². The zero-order valence-corrected chi connectivity index (χ0v) is 83.8. The van der Waals surface area contributed by atoms with E-state index >= 15 is 4.21 Å². The second-order valence-corrected chi connectivity index (χ2v) is 39.1. The van der Waals surface area contributed by atoms with E-state index in [1.807, 2.05) is 31.9 Å². The van der Waals surface area contributed by atoms with Gasteiger partial charge in [0.2, 0.25) is 65.5 Å². The first kappa shape index (κ1) is 119. The maximum Gasteiger partial charge on any atom is 0.407 e. The number of H-pyrrole nitrogens is 1. The Kier molecular flexibility index (Phi) is 56.9. The highest BCUT2D eigenvalue weighted by atomic mass is 32.2. The van der Waals surface area contributed by atoms with Crippen molar-refractivity contribution in [2.45, 2.75) is 197 Å². The number of fused-ring (bicyclic) bond motifs is 4. The highest BCUT2D eigenvalue weighted by molar-refractivity contribution is 8.02. The number of nitrogens with one attached hydrogen (secondary N) is 13. The zero-order valence-electron chi connectivity index (χ0n) is 80.6. The van der Waals surface area contributed by atoms with Crippen LogP contribution in [0.15, 0.2) is 58.5 Å². The molecule has 5 rings (SSSR count). The van der Waals surface area contributed by atoms with Crippen LogP contribution in [0.3, 0.4) is 0 Å². The highest BCUT2D eigenvalue weighted by Crippen LogP contribution is 2.36. The van der Waals surface area contributed by atoms with Crippen molar-refractivity contribution < 1.29 is 130 Å². The number of aromatic amines is 1. The molecule has 12 atom stereocenters. The number of hydrogen-bond donors (Lipinski definition) is 19. The van der Waals surface area contributed by atoms with Crippen molar-refractivity contribution in [2.24, 2.45) is 34.4 Å². The van der Waals surface area contributed by atoms with Crippen LogP contribution in [0, 0.1) is 17.8 Å². The van der Waals surface area contributed by atoms with Gasteiger partial charge in [-0.15, -0.1) is 11.8 Å². The standard InChI is InChI=1S/C90H145N17O27S4/c1-11-13-14-21-90(8,9)137-52-63(51-135-10)106-134-50-78(117)100-68(38-56(3)4)82(118)95-45-76(115)99-62-17-15-60(16-18-62)49-133-89(124)97-43-61(91)42-93-22-23-126-24-25-127-26-27-128-28-29-129-30-31-130-32-33-131-34-35-132-36-37-136-53-67-72(111)20-19-65-66-39-58(6)98-86(122)80(59(7)73(112)48-108)104-84(120)71-40-64(110)47-107(71)88(123)69(41-74(92)113)102-83(119)70(54-138(125)87(66)105-81(65)67)101-77(116)46-96-85(121)79(57(5)12-2)103-75(114)44-94-55-109/h15-20,42,55-59,64,68-71,73,79-80,93,105,108,110-112H,11-14,21-41,43-54,91H2,1-10H3,(H2,92,113)(H,94,109)(H,95,118)(H,96,121)(H,97,124)(H,98,122)(H,99,115)(H,100,117)(H,101,116)(H,102,119)(H,103,114)(H,104,120)/b61-42-,106-63+/t57-,58+,59-,64+,68-,69?,70+,71-,73-,79-,80?,138?/m0/s1. The molecule has 3 unspecified atom stereocenters. The topological polar surface area (TPSA) is 631 Å². The van der Waals surface area contributed by atoms with Crippen LogP contribution in [0.4, 0.5) is 10.5 Å². The van der Waals surface area contributed by atoms with Crippen LogP contribution in [0.25, 0.3) is 10.9 Å². The predicted octanol–water partition coefficient (Wildman–Crippen LogP) is -0.205. The number of phenolic OH excluding ortho intramolecular Hbond substituents is 1. The number of phenols is 1. The number of aromatic nitrogens is 1. The van der Waals surface area contributed by atoms with Gasteiger partial charge in [0.25, 0.3) is 5.91 Å². The molecule has 0 spiro atoms. The van der Waals surface area contributed by atoms with Gasteiger partial charge in [0.1, 0.15) is 53.6 Å². The normalized spacial score (nSPS) is 18.5. The van der Waals surface area contributed by atoms with Crippen LogP contribution in [0.1, 0.15) is 130 Å². The Balaban J connectivity index is 0.963. The fourth-order valence-electron chi connectivity index (χ4n) is 14.0. The van der Waals surface area contributed by atoms with Crippen LogP contribution in [0.2, 0.25) is 0 Å². The third-order valence-electron chi connectivity index (χ3n) is 21.7. The molecule has 0 bridgehead atoms. The monoisotopic (exact) mass is 2020 g/mol. The van der Waals surface area contributed by atoms with Gasteiger partial charge < -0.3 is 148 Å². The van der Waals surface area contributed by atoms with Crippen LogP contribution in [0.5, 0.6) is 5.75 Å². The van der Waals surface area contributed by atoms with Gasteiger partial charge in [-0.25, -0.2) is 4.79 Å². The predicted molar refractivity (Wildman–Crippen MR) is 521 cm³/mol. The molecular weight excluding hydrogens is 1880 g/mol. The zero-order chi connectivity index (χ0) is 101. The molecule has 0 saturated carbocycles. The van der Waals surface area contributed by atoms with E-state index in [1.165, 1.54) is 31.2 Å². The number of oxime groups is 1. The van der Waals surface area contributed by atoms with E-state index in [2.05, 4.69) is 94.7 Å². The first-order chi connectivity index (χ1) is 66.0. The summed E-state index contributed by atoms with van der Waals surface area (Å²) >= 11 is 4.82. The molecule has 138 heavy (non-hydrogen) atoms. The Bertz CT molecular complexity index is 4410. The quantitative estimate of drug-likeness (QED) is 0.0150. The molecular formula is C90H145N17O27S4. The number of carbonyl (C=O) groups is 13. The molecule has 44 nitrogen and oxygen atoms in total. The van der Waals surface area contributed by atoms with Crippen molar-refractivity contribution in [1.82, 2.24) is 68.4 Å². The molecule has 3 heterocycles. The Labute approximate surface area is 820 Å². The molecule has 3 aromatic rings. The van der Waals surface area contributed by atoms with Crippen molar-refractivity contribution in [2.75, 3.05) is 180 Å². The van der Waals surface area contributed by atoms with Crippen LogP contribution < -0.4 is 75.3 Å². The number of benzene rings is 2. The van der Waals surface area contributed by atoms with Gasteiger partial charge in [0, 0.05) is 87.8 Å². The summed E-state index contributed by atoms with van der Waals surface area (Å²) in [5, 5.41) is 78.8. The SMILES string of the molecule is CCCCCC(C)(C)SC/C(CSC)=N/OCC(=O)N[C@@H](CC(C)C)C(=O)NCC(=O)Nc1ccc(COC(=O)NC/C(N)=C/NCCOCCOCCOCCOCCOCCOCCOCCSCc2c(O)ccc3c4c([nH]c23)S(=O)C[C@@H](NC(=O)CNC(=O)[C@@H](NC(=O)CNC=O)[C@@H](C)CC)C(=O)NC(CC(N)=O)C(=O)N2C[C@H](O)C[C@H]2C(=O)NC([C@@H](C)[C@@H](O)CO)C(=O)N[C@H](C)C4)cc1. The second-order valence-electron chi connectivity index (χ2n) is 34.1. The fraction of sp³-hybridized carbons (Fsp3) is 0.667. The second kappa shape index (κ2) is 66.1. The number of nitrogens with two attached hydrogens (primary N) is 2. The summed E-state index contributed by atoms with van der Waals surface area (Å²) in [6.45, 7) is 18.5. The third-order valence-corrected chi connectivity index (χ3v) is 26.1. The van der Waals surface area contributed by atoms with Gasteiger partial charge in [-0.3, -0.25) is 61.7 Å². The largest absolute Gasteiger partial charge is 0.508 e. The number of carbonyl (C=O) groups excluding carboxylic acids is 13. The molecule has 776 valence electrons. The molecule has 2 aromatic carbocycles. The van der Waals surface area contributed by atoms with E-state index in [1.54, 1.807) is 69.1 Å². The first-order valence-corrected chi connectivity index (χ1v) is 51.1. The van der Waals surface area contributed by atoms with Gasteiger partial charge >= 0.3 is 6.09 Å². The summed E-state index contributed by atoms with van der Waals surface area (Å²) in [5.74, 6) is -9.93. The lowest BCUT2D eigenvalue weighted by atomic mass is 9.94.